The topological polar surface area (TPSA) is 0 Å². The van der Waals surface area contributed by atoms with Crippen LogP contribution in [0.3, 0.4) is 0 Å². The summed E-state index contributed by atoms with van der Waals surface area (Å²) >= 11 is 4.10. The highest BCUT2D eigenvalue weighted by molar-refractivity contribution is 8.68. The van der Waals surface area contributed by atoms with E-state index in [2.05, 4.69) is 30.7 Å². The molecule has 0 aliphatic heterocycles. The highest BCUT2D eigenvalue weighted by Crippen LogP contribution is 2.18. The first kappa shape index (κ1) is 8.44. The summed E-state index contributed by atoms with van der Waals surface area (Å²) in [5.74, 6) is 0. The molecule has 48 valence electrons. The maximum Gasteiger partial charge on any atom is 0.0325 e. The Balaban J connectivity index is 3.36. The van der Waals surface area contributed by atoms with E-state index in [1.807, 2.05) is 6.92 Å². The van der Waals surface area contributed by atoms with E-state index in [4.69, 9.17) is 0 Å². The van der Waals surface area contributed by atoms with E-state index in [1.54, 1.807) is 10.8 Å². The zero-order valence-corrected chi connectivity index (χ0v) is 7.01. The Morgan fingerprint density at radius 2 is 2.38 bits per heavy atom. The van der Waals surface area contributed by atoms with Crippen molar-refractivity contribution in [2.45, 2.75) is 25.5 Å². The van der Waals surface area contributed by atoms with Crippen molar-refractivity contribution in [3.63, 3.8) is 0 Å². The number of hydrogen-bond acceptors (Lipinski definition) is 2. The van der Waals surface area contributed by atoms with Gasteiger partial charge in [0.1, 0.15) is 0 Å². The van der Waals surface area contributed by atoms with E-state index in [0.29, 0.717) is 5.25 Å². The maximum absolute atomic E-state index is 4.10. The Morgan fingerprint density at radius 3 is 2.50 bits per heavy atom. The lowest BCUT2D eigenvalue weighted by Crippen LogP contribution is -1.89. The number of thiol groups is 1. The predicted molar refractivity (Wildman–Crippen MR) is 45.5 cm³/mol. The molecule has 0 N–H and O–H groups in total. The first-order valence-corrected chi connectivity index (χ1v) is 4.71. The molecule has 0 bridgehead atoms. The second kappa shape index (κ2) is 5.57. The van der Waals surface area contributed by atoms with Crippen molar-refractivity contribution in [1.29, 1.82) is 0 Å². The normalized spacial score (nSPS) is 14.9. The lowest BCUT2D eigenvalue weighted by Gasteiger charge is -2.01. The van der Waals surface area contributed by atoms with Crippen LogP contribution in [0.25, 0.3) is 0 Å². The van der Waals surface area contributed by atoms with Crippen molar-refractivity contribution < 1.29 is 0 Å². The van der Waals surface area contributed by atoms with Gasteiger partial charge in [-0.15, -0.1) is 11.7 Å². The molecule has 8 heavy (non-hydrogen) atoms. The van der Waals surface area contributed by atoms with Gasteiger partial charge in [-0.05, 0) is 13.3 Å². The van der Waals surface area contributed by atoms with Crippen LogP contribution in [0.15, 0.2) is 12.2 Å². The lowest BCUT2D eigenvalue weighted by atomic mass is 10.3. The van der Waals surface area contributed by atoms with Crippen LogP contribution in [0, 0.1) is 0 Å². The smallest absolute Gasteiger partial charge is 0.0325 e. The van der Waals surface area contributed by atoms with Gasteiger partial charge in [-0.1, -0.05) is 29.9 Å². The van der Waals surface area contributed by atoms with Gasteiger partial charge in [0.25, 0.3) is 0 Å². The Labute approximate surface area is 60.6 Å². The zero-order chi connectivity index (χ0) is 6.41. The third-order valence-corrected chi connectivity index (χ3v) is 2.52. The average molecular weight is 148 g/mol. The molecule has 0 aliphatic carbocycles. The highest BCUT2D eigenvalue weighted by Gasteiger charge is 1.95. The quantitative estimate of drug-likeness (QED) is 0.365. The molecule has 0 amide bonds. The molecule has 0 aromatic carbocycles. The summed E-state index contributed by atoms with van der Waals surface area (Å²) in [6, 6.07) is 0. The molecule has 2 heteroatoms. The van der Waals surface area contributed by atoms with E-state index in [1.165, 1.54) is 6.42 Å². The molecule has 0 aromatic rings. The van der Waals surface area contributed by atoms with Gasteiger partial charge in [-0.2, -0.15) is 0 Å². The second-order valence-electron chi connectivity index (χ2n) is 1.58. The minimum atomic E-state index is 0.600. The molecule has 0 radical (unpaired) electrons. The van der Waals surface area contributed by atoms with Gasteiger partial charge < -0.3 is 0 Å². The van der Waals surface area contributed by atoms with Gasteiger partial charge >= 0.3 is 0 Å². The van der Waals surface area contributed by atoms with Crippen LogP contribution in [0.2, 0.25) is 0 Å². The summed E-state index contributed by atoms with van der Waals surface area (Å²) in [7, 11) is 1.60. The molecule has 0 fully saturated rings. The number of hydrogen-bond donors (Lipinski definition) is 1. The highest BCUT2D eigenvalue weighted by atomic mass is 33.1. The fourth-order valence-corrected chi connectivity index (χ4v) is 1.49. The molecule has 0 saturated heterocycles. The predicted octanol–water partition coefficient (Wildman–Crippen LogP) is 2.92. The Morgan fingerprint density at radius 1 is 1.75 bits per heavy atom. The molecule has 0 saturated carbocycles. The van der Waals surface area contributed by atoms with Crippen LogP contribution >= 0.6 is 22.5 Å². The van der Waals surface area contributed by atoms with Crippen molar-refractivity contribution in [2.24, 2.45) is 0 Å². The Kier molecular flexibility index (Phi) is 5.88. The molecular weight excluding hydrogens is 136 g/mol. The van der Waals surface area contributed by atoms with Crippen molar-refractivity contribution in [2.75, 3.05) is 0 Å². The van der Waals surface area contributed by atoms with Crippen LogP contribution in [0.1, 0.15) is 20.3 Å². The largest absolute Gasteiger partial charge is 0.111 e. The Hall–Kier alpha value is 0.440. The van der Waals surface area contributed by atoms with Crippen LogP contribution < -0.4 is 0 Å². The fraction of sp³-hybridized carbons (Fsp3) is 0.667. The van der Waals surface area contributed by atoms with E-state index in [-0.39, 0.29) is 0 Å². The zero-order valence-electron chi connectivity index (χ0n) is 5.29. The molecule has 0 nitrogen and oxygen atoms in total. The van der Waals surface area contributed by atoms with Gasteiger partial charge in [0, 0.05) is 5.25 Å². The van der Waals surface area contributed by atoms with Crippen molar-refractivity contribution >= 4 is 22.5 Å². The van der Waals surface area contributed by atoms with Gasteiger partial charge in [0.05, 0.1) is 0 Å². The van der Waals surface area contributed by atoms with Crippen molar-refractivity contribution in [3.05, 3.63) is 12.2 Å². The van der Waals surface area contributed by atoms with Crippen LogP contribution in [0.5, 0.6) is 0 Å². The number of rotatable bonds is 3. The summed E-state index contributed by atoms with van der Waals surface area (Å²) in [5, 5.41) is 0.600. The third-order valence-electron chi connectivity index (χ3n) is 0.945. The van der Waals surface area contributed by atoms with E-state index < -0.39 is 0 Å². The molecule has 1 unspecified atom stereocenters. The molecule has 0 aliphatic rings. The summed E-state index contributed by atoms with van der Waals surface area (Å²) < 4.78 is 0. The fourth-order valence-electron chi connectivity index (χ4n) is 0.460. The van der Waals surface area contributed by atoms with Crippen LogP contribution in [-0.4, -0.2) is 5.25 Å². The summed E-state index contributed by atoms with van der Waals surface area (Å²) in [6.07, 6.45) is 5.40. The molecule has 0 spiro atoms. The summed E-state index contributed by atoms with van der Waals surface area (Å²) in [6.45, 7) is 4.19. The van der Waals surface area contributed by atoms with Gasteiger partial charge in [0.2, 0.25) is 0 Å². The van der Waals surface area contributed by atoms with Crippen LogP contribution in [0.4, 0.5) is 0 Å². The van der Waals surface area contributed by atoms with E-state index in [0.717, 1.165) is 0 Å². The Bertz CT molecular complexity index is 64.9. The van der Waals surface area contributed by atoms with E-state index in [9.17, 15) is 0 Å². The van der Waals surface area contributed by atoms with E-state index >= 15 is 0 Å². The summed E-state index contributed by atoms with van der Waals surface area (Å²) in [5.41, 5.74) is 0. The average Bonchev–Trinajstić information content (AvgIpc) is 1.83. The maximum atomic E-state index is 4.10. The first-order chi connectivity index (χ1) is 3.85. The van der Waals surface area contributed by atoms with Crippen molar-refractivity contribution in [1.82, 2.24) is 0 Å². The lowest BCUT2D eigenvalue weighted by molar-refractivity contribution is 0.981. The minimum absolute atomic E-state index is 0.600. The van der Waals surface area contributed by atoms with Crippen molar-refractivity contribution in [3.8, 4) is 0 Å². The minimum Gasteiger partial charge on any atom is -0.111 e. The van der Waals surface area contributed by atoms with Gasteiger partial charge in [-0.3, -0.25) is 0 Å². The van der Waals surface area contributed by atoms with Gasteiger partial charge in [0.15, 0.2) is 0 Å². The standard InChI is InChI=1S/C6H12S2/c1-3-5-6(4-2)8-7/h3,5-7H,4H2,1-2H3. The molecule has 0 rings (SSSR count). The first-order valence-electron chi connectivity index (χ1n) is 2.78. The monoisotopic (exact) mass is 148 g/mol. The second-order valence-corrected chi connectivity index (χ2v) is 3.03. The summed E-state index contributed by atoms with van der Waals surface area (Å²) in [4.78, 5) is 0. The molecule has 0 heterocycles. The molecular formula is C6H12S2. The third kappa shape index (κ3) is 3.44. The van der Waals surface area contributed by atoms with Gasteiger partial charge in [-0.25, -0.2) is 0 Å². The SMILES string of the molecule is CC=CC(CC)SS. The number of allylic oxidation sites excluding steroid dienone is 1. The van der Waals surface area contributed by atoms with Crippen LogP contribution in [-0.2, 0) is 0 Å². The molecule has 0 aromatic heterocycles. The molecule has 1 atom stereocenters.